The van der Waals surface area contributed by atoms with Crippen molar-refractivity contribution in [3.63, 3.8) is 0 Å². The molecule has 0 aliphatic carbocycles. The second-order valence-corrected chi connectivity index (χ2v) is 9.52. The van der Waals surface area contributed by atoms with E-state index in [2.05, 4.69) is 32.8 Å². The maximum atomic E-state index is 13.4. The topological polar surface area (TPSA) is 45.2 Å². The Kier molecular flexibility index (Phi) is 6.99. The predicted octanol–water partition coefficient (Wildman–Crippen LogP) is 6.61. The van der Waals surface area contributed by atoms with E-state index in [1.54, 1.807) is 23.6 Å². The van der Waals surface area contributed by atoms with Gasteiger partial charge < -0.3 is 9.62 Å². The molecule has 7 heteroatoms. The average Bonchev–Trinajstić information content (AvgIpc) is 3.28. The maximum Gasteiger partial charge on any atom is 0.150 e. The number of hydrogen-bond donors (Lipinski definition) is 1. The summed E-state index contributed by atoms with van der Waals surface area (Å²) in [6, 6.07) is 18.6. The standard InChI is InChI=1S/C25H22FN3OS2/c1-29(2)15-20-10-17(6-7-18(20)16-30)24-8-9-25(31-24)19-11-22(14-27-13-19)28-32-23-5-3-4-21(26)12-23/h3-14,16,28H,15H2,1-2H3. The molecule has 0 aliphatic heterocycles. The molecule has 0 atom stereocenters. The molecule has 0 radical (unpaired) electrons. The highest BCUT2D eigenvalue weighted by Gasteiger charge is 2.10. The summed E-state index contributed by atoms with van der Waals surface area (Å²) in [6.45, 7) is 0.709. The molecule has 0 spiro atoms. The number of hydrogen-bond acceptors (Lipinski definition) is 6. The van der Waals surface area contributed by atoms with Gasteiger partial charge >= 0.3 is 0 Å². The van der Waals surface area contributed by atoms with Crippen molar-refractivity contribution in [1.82, 2.24) is 9.88 Å². The minimum Gasteiger partial charge on any atom is -0.324 e. The number of rotatable bonds is 8. The number of thiophene rings is 1. The first-order chi connectivity index (χ1) is 15.5. The fraction of sp³-hybridized carbons (Fsp3) is 0.120. The van der Waals surface area contributed by atoms with Crippen molar-refractivity contribution in [2.45, 2.75) is 11.4 Å². The number of aromatic nitrogens is 1. The minimum absolute atomic E-state index is 0.260. The van der Waals surface area contributed by atoms with Crippen molar-refractivity contribution in [3.8, 4) is 20.9 Å². The summed E-state index contributed by atoms with van der Waals surface area (Å²) in [5, 5.41) is 0. The molecular formula is C25H22FN3OS2. The van der Waals surface area contributed by atoms with Crippen molar-refractivity contribution < 1.29 is 9.18 Å². The zero-order valence-corrected chi connectivity index (χ0v) is 19.3. The fourth-order valence-electron chi connectivity index (χ4n) is 3.28. The van der Waals surface area contributed by atoms with Crippen LogP contribution in [0, 0.1) is 5.82 Å². The van der Waals surface area contributed by atoms with Crippen LogP contribution in [0.3, 0.4) is 0 Å². The first kappa shape index (κ1) is 22.2. The summed E-state index contributed by atoms with van der Waals surface area (Å²) in [5.41, 5.74) is 4.67. The SMILES string of the molecule is CN(C)Cc1cc(-c2ccc(-c3cncc(NSc4cccc(F)c4)c3)s2)ccc1C=O. The molecule has 0 saturated carbocycles. The van der Waals surface area contributed by atoms with Gasteiger partial charge in [0.05, 0.1) is 11.9 Å². The third-order valence-electron chi connectivity index (χ3n) is 4.75. The second-order valence-electron chi connectivity index (χ2n) is 7.56. The number of carbonyl (C=O) groups is 1. The Balaban J connectivity index is 1.54. The molecule has 0 fully saturated rings. The highest BCUT2D eigenvalue weighted by molar-refractivity contribution is 8.00. The van der Waals surface area contributed by atoms with Gasteiger partial charge in [-0.2, -0.15) is 0 Å². The van der Waals surface area contributed by atoms with Gasteiger partial charge in [0.25, 0.3) is 0 Å². The molecule has 4 rings (SSSR count). The minimum atomic E-state index is -0.260. The lowest BCUT2D eigenvalue weighted by atomic mass is 10.0. The van der Waals surface area contributed by atoms with Crippen molar-refractivity contribution in [3.05, 3.63) is 90.0 Å². The first-order valence-corrected chi connectivity index (χ1v) is 11.6. The van der Waals surface area contributed by atoms with Crippen LogP contribution in [0.5, 0.6) is 0 Å². The lowest BCUT2D eigenvalue weighted by Crippen LogP contribution is -2.12. The monoisotopic (exact) mass is 463 g/mol. The number of anilines is 1. The predicted molar refractivity (Wildman–Crippen MR) is 132 cm³/mol. The molecule has 0 bridgehead atoms. The van der Waals surface area contributed by atoms with E-state index in [-0.39, 0.29) is 5.82 Å². The third-order valence-corrected chi connectivity index (χ3v) is 6.76. The number of nitrogens with one attached hydrogen (secondary N) is 1. The van der Waals surface area contributed by atoms with E-state index in [0.29, 0.717) is 6.54 Å². The lowest BCUT2D eigenvalue weighted by Gasteiger charge is -2.12. The second kappa shape index (κ2) is 10.1. The molecule has 0 amide bonds. The Morgan fingerprint density at radius 1 is 1.03 bits per heavy atom. The van der Waals surface area contributed by atoms with Crippen LogP contribution in [-0.4, -0.2) is 30.3 Å². The molecule has 0 saturated heterocycles. The van der Waals surface area contributed by atoms with E-state index in [9.17, 15) is 9.18 Å². The largest absolute Gasteiger partial charge is 0.324 e. The molecule has 2 aromatic carbocycles. The average molecular weight is 464 g/mol. The van der Waals surface area contributed by atoms with Crippen molar-refractivity contribution in [1.29, 1.82) is 0 Å². The molecule has 2 heterocycles. The van der Waals surface area contributed by atoms with Gasteiger partial charge in [0.1, 0.15) is 12.1 Å². The van der Waals surface area contributed by atoms with E-state index in [1.165, 1.54) is 24.1 Å². The van der Waals surface area contributed by atoms with Crippen LogP contribution in [0.15, 0.2) is 78.0 Å². The van der Waals surface area contributed by atoms with Crippen molar-refractivity contribution >= 4 is 35.3 Å². The summed E-state index contributed by atoms with van der Waals surface area (Å²) in [5.74, 6) is -0.260. The summed E-state index contributed by atoms with van der Waals surface area (Å²) in [4.78, 5) is 20.8. The molecule has 1 N–H and O–H groups in total. The number of carbonyl (C=O) groups excluding carboxylic acids is 1. The van der Waals surface area contributed by atoms with E-state index >= 15 is 0 Å². The first-order valence-electron chi connectivity index (χ1n) is 9.99. The third kappa shape index (κ3) is 5.43. The Labute approximate surface area is 195 Å². The zero-order chi connectivity index (χ0) is 22.5. The van der Waals surface area contributed by atoms with Crippen LogP contribution < -0.4 is 4.72 Å². The van der Waals surface area contributed by atoms with Crippen LogP contribution in [0.2, 0.25) is 0 Å². The Morgan fingerprint density at radius 2 is 1.84 bits per heavy atom. The van der Waals surface area contributed by atoms with Gasteiger partial charge in [0.2, 0.25) is 0 Å². The zero-order valence-electron chi connectivity index (χ0n) is 17.7. The number of aldehydes is 1. The van der Waals surface area contributed by atoms with Crippen molar-refractivity contribution in [2.24, 2.45) is 0 Å². The Hall–Kier alpha value is -3.00. The van der Waals surface area contributed by atoms with Gasteiger partial charge in [-0.1, -0.05) is 18.2 Å². The van der Waals surface area contributed by atoms with Crippen LogP contribution >= 0.6 is 23.3 Å². The summed E-state index contributed by atoms with van der Waals surface area (Å²) < 4.78 is 16.6. The summed E-state index contributed by atoms with van der Waals surface area (Å²) >= 11 is 3.02. The number of benzene rings is 2. The summed E-state index contributed by atoms with van der Waals surface area (Å²) in [6.07, 6.45) is 4.49. The van der Waals surface area contributed by atoms with E-state index < -0.39 is 0 Å². The molecule has 162 valence electrons. The van der Waals surface area contributed by atoms with Gasteiger partial charge in [-0.3, -0.25) is 9.78 Å². The van der Waals surface area contributed by atoms with Gasteiger partial charge in [0.15, 0.2) is 0 Å². The Morgan fingerprint density at radius 3 is 2.59 bits per heavy atom. The normalized spacial score (nSPS) is 11.0. The number of nitrogens with zero attached hydrogens (tertiary/aromatic N) is 2. The lowest BCUT2D eigenvalue weighted by molar-refractivity contribution is 0.112. The van der Waals surface area contributed by atoms with Gasteiger partial charge in [-0.05, 0) is 79.6 Å². The van der Waals surface area contributed by atoms with E-state index in [4.69, 9.17) is 0 Å². The number of halogens is 1. The highest BCUT2D eigenvalue weighted by Crippen LogP contribution is 2.36. The van der Waals surface area contributed by atoms with Gasteiger partial charge in [0, 0.05) is 38.5 Å². The van der Waals surface area contributed by atoms with Crippen LogP contribution in [0.1, 0.15) is 15.9 Å². The molecule has 4 aromatic rings. The van der Waals surface area contributed by atoms with E-state index in [0.717, 1.165) is 48.9 Å². The quantitative estimate of drug-likeness (QED) is 0.235. The molecule has 4 nitrogen and oxygen atoms in total. The molecular weight excluding hydrogens is 441 g/mol. The summed E-state index contributed by atoms with van der Waals surface area (Å²) in [7, 11) is 3.98. The molecule has 0 unspecified atom stereocenters. The van der Waals surface area contributed by atoms with Crippen LogP contribution in [0.25, 0.3) is 20.9 Å². The van der Waals surface area contributed by atoms with Gasteiger partial charge in [-0.25, -0.2) is 4.39 Å². The molecule has 0 aliphatic rings. The van der Waals surface area contributed by atoms with Crippen LogP contribution in [0.4, 0.5) is 10.1 Å². The maximum absolute atomic E-state index is 13.4. The molecule has 2 aromatic heterocycles. The smallest absolute Gasteiger partial charge is 0.150 e. The highest BCUT2D eigenvalue weighted by atomic mass is 32.2. The van der Waals surface area contributed by atoms with E-state index in [1.807, 2.05) is 44.6 Å². The van der Waals surface area contributed by atoms with Gasteiger partial charge in [-0.15, -0.1) is 11.3 Å². The Bertz CT molecular complexity index is 1240. The number of pyridine rings is 1. The fourth-order valence-corrected chi connectivity index (χ4v) is 4.93. The van der Waals surface area contributed by atoms with Crippen molar-refractivity contribution in [2.75, 3.05) is 18.8 Å². The molecule has 32 heavy (non-hydrogen) atoms. The van der Waals surface area contributed by atoms with Crippen LogP contribution in [-0.2, 0) is 6.54 Å².